The van der Waals surface area contributed by atoms with E-state index in [0.717, 1.165) is 64.2 Å². The van der Waals surface area contributed by atoms with Gasteiger partial charge in [0, 0.05) is 32.0 Å². The van der Waals surface area contributed by atoms with Gasteiger partial charge in [0.15, 0.2) is 0 Å². The van der Waals surface area contributed by atoms with Crippen LogP contribution >= 0.6 is 0 Å². The molecule has 0 spiro atoms. The molecule has 5 heteroatoms. The Kier molecular flexibility index (Phi) is 4.93. The summed E-state index contributed by atoms with van der Waals surface area (Å²) in [6.45, 7) is 4.53. The number of rotatable bonds is 5. The summed E-state index contributed by atoms with van der Waals surface area (Å²) in [5.41, 5.74) is 0.796. The van der Waals surface area contributed by atoms with Crippen molar-refractivity contribution >= 4 is 5.91 Å². The first kappa shape index (κ1) is 14.6. The second kappa shape index (κ2) is 7.09. The molecule has 0 radical (unpaired) electrons. The number of nitrogens with one attached hydrogen (secondary N) is 2. The second-order valence-corrected chi connectivity index (χ2v) is 6.06. The first-order valence-electron chi connectivity index (χ1n) is 8.08. The lowest BCUT2D eigenvalue weighted by Gasteiger charge is -2.26. The number of hydrogen-bond donors (Lipinski definition) is 2. The molecule has 5 nitrogen and oxygen atoms in total. The van der Waals surface area contributed by atoms with Crippen LogP contribution in [-0.2, 0) is 4.74 Å². The molecule has 0 aromatic carbocycles. The normalized spacial score (nSPS) is 23.3. The minimum Gasteiger partial charge on any atom is -0.381 e. The van der Waals surface area contributed by atoms with E-state index in [1.54, 1.807) is 0 Å². The molecular weight excluding hydrogens is 266 g/mol. The summed E-state index contributed by atoms with van der Waals surface area (Å²) in [6, 6.07) is 4.35. The lowest BCUT2D eigenvalue weighted by molar-refractivity contribution is 0.0937. The van der Waals surface area contributed by atoms with Crippen LogP contribution in [0.3, 0.4) is 0 Å². The third kappa shape index (κ3) is 3.66. The molecule has 1 aromatic rings. The Labute approximate surface area is 126 Å². The molecule has 21 heavy (non-hydrogen) atoms. The average Bonchev–Trinajstić information content (AvgIpc) is 3.19. The van der Waals surface area contributed by atoms with Gasteiger partial charge in [-0.3, -0.25) is 4.79 Å². The summed E-state index contributed by atoms with van der Waals surface area (Å²) in [5, 5.41) is 6.43. The highest BCUT2D eigenvalue weighted by atomic mass is 16.5. The molecule has 0 aliphatic carbocycles. The summed E-state index contributed by atoms with van der Waals surface area (Å²) in [5.74, 6) is 0.666. The van der Waals surface area contributed by atoms with Crippen LogP contribution in [0.5, 0.6) is 0 Å². The first-order chi connectivity index (χ1) is 10.3. The van der Waals surface area contributed by atoms with Gasteiger partial charge < -0.3 is 19.9 Å². The summed E-state index contributed by atoms with van der Waals surface area (Å²) in [7, 11) is 0. The highest BCUT2D eigenvalue weighted by Crippen LogP contribution is 2.21. The number of piperidine rings is 1. The number of hydrogen-bond acceptors (Lipinski definition) is 3. The lowest BCUT2D eigenvalue weighted by Crippen LogP contribution is -2.33. The Bertz CT molecular complexity index is 460. The fourth-order valence-corrected chi connectivity index (χ4v) is 3.28. The molecule has 1 amide bonds. The molecule has 3 rings (SSSR count). The standard InChI is InChI=1S/C16H25N3O2/c20-16(18-9-3-13-6-11-21-12-13)15-2-1-10-19(15)14-4-7-17-8-5-14/h1-2,10,13-14,17H,3-9,11-12H2,(H,18,20). The van der Waals surface area contributed by atoms with Crippen LogP contribution < -0.4 is 10.6 Å². The van der Waals surface area contributed by atoms with Gasteiger partial charge in [-0.05, 0) is 56.8 Å². The van der Waals surface area contributed by atoms with Crippen molar-refractivity contribution in [3.8, 4) is 0 Å². The molecule has 1 unspecified atom stereocenters. The van der Waals surface area contributed by atoms with Gasteiger partial charge in [0.2, 0.25) is 0 Å². The van der Waals surface area contributed by atoms with Crippen LogP contribution in [0.4, 0.5) is 0 Å². The van der Waals surface area contributed by atoms with Crippen molar-refractivity contribution in [1.29, 1.82) is 0 Å². The van der Waals surface area contributed by atoms with Crippen LogP contribution in [0.25, 0.3) is 0 Å². The molecule has 3 heterocycles. The van der Waals surface area contributed by atoms with Crippen molar-refractivity contribution in [2.75, 3.05) is 32.8 Å². The maximum Gasteiger partial charge on any atom is 0.267 e. The molecule has 116 valence electrons. The molecule has 1 atom stereocenters. The third-order valence-corrected chi connectivity index (χ3v) is 4.58. The van der Waals surface area contributed by atoms with Crippen molar-refractivity contribution in [2.45, 2.75) is 31.7 Å². The molecule has 2 fully saturated rings. The predicted molar refractivity (Wildman–Crippen MR) is 81.4 cm³/mol. The number of ether oxygens (including phenoxy) is 1. The highest BCUT2D eigenvalue weighted by molar-refractivity contribution is 5.92. The minimum absolute atomic E-state index is 0.0532. The second-order valence-electron chi connectivity index (χ2n) is 6.06. The molecule has 2 saturated heterocycles. The van der Waals surface area contributed by atoms with Gasteiger partial charge in [-0.2, -0.15) is 0 Å². The number of aromatic nitrogens is 1. The maximum absolute atomic E-state index is 12.4. The van der Waals surface area contributed by atoms with Gasteiger partial charge in [0.05, 0.1) is 0 Å². The summed E-state index contributed by atoms with van der Waals surface area (Å²) in [6.07, 6.45) is 6.36. The molecular formula is C16H25N3O2. The smallest absolute Gasteiger partial charge is 0.267 e. The quantitative estimate of drug-likeness (QED) is 0.866. The van der Waals surface area contributed by atoms with Crippen LogP contribution in [0.15, 0.2) is 18.3 Å². The van der Waals surface area contributed by atoms with Crippen LogP contribution in [0.1, 0.15) is 42.2 Å². The zero-order chi connectivity index (χ0) is 14.5. The lowest BCUT2D eigenvalue weighted by atomic mass is 10.1. The van der Waals surface area contributed by atoms with E-state index < -0.39 is 0 Å². The van der Waals surface area contributed by atoms with Gasteiger partial charge in [-0.25, -0.2) is 0 Å². The number of nitrogens with zero attached hydrogens (tertiary/aromatic N) is 1. The summed E-state index contributed by atoms with van der Waals surface area (Å²) < 4.78 is 7.51. The van der Waals surface area contributed by atoms with Gasteiger partial charge >= 0.3 is 0 Å². The van der Waals surface area contributed by atoms with Crippen molar-refractivity contribution in [3.63, 3.8) is 0 Å². The van der Waals surface area contributed by atoms with Crippen molar-refractivity contribution < 1.29 is 9.53 Å². The average molecular weight is 291 g/mol. The third-order valence-electron chi connectivity index (χ3n) is 4.58. The van der Waals surface area contributed by atoms with Crippen molar-refractivity contribution in [2.24, 2.45) is 5.92 Å². The van der Waals surface area contributed by atoms with Gasteiger partial charge in [-0.1, -0.05) is 0 Å². The van der Waals surface area contributed by atoms with E-state index in [4.69, 9.17) is 4.74 Å². The Morgan fingerprint density at radius 2 is 2.24 bits per heavy atom. The van der Waals surface area contributed by atoms with Crippen LogP contribution in [0, 0.1) is 5.92 Å². The molecule has 2 N–H and O–H groups in total. The minimum atomic E-state index is 0.0532. The van der Waals surface area contributed by atoms with E-state index in [2.05, 4.69) is 15.2 Å². The van der Waals surface area contributed by atoms with Gasteiger partial charge in [0.1, 0.15) is 5.69 Å². The van der Waals surface area contributed by atoms with E-state index in [0.29, 0.717) is 12.0 Å². The number of carbonyl (C=O) groups excluding carboxylic acids is 1. The van der Waals surface area contributed by atoms with E-state index in [1.807, 2.05) is 18.3 Å². The van der Waals surface area contributed by atoms with E-state index in [1.165, 1.54) is 0 Å². The zero-order valence-electron chi connectivity index (χ0n) is 12.5. The van der Waals surface area contributed by atoms with Gasteiger partial charge in [0.25, 0.3) is 5.91 Å². The van der Waals surface area contributed by atoms with Gasteiger partial charge in [-0.15, -0.1) is 0 Å². The Morgan fingerprint density at radius 1 is 1.38 bits per heavy atom. The zero-order valence-corrected chi connectivity index (χ0v) is 12.5. The van der Waals surface area contributed by atoms with E-state index in [9.17, 15) is 4.79 Å². The maximum atomic E-state index is 12.4. The SMILES string of the molecule is O=C(NCCC1CCOC1)c1cccn1C1CCNCC1. The first-order valence-corrected chi connectivity index (χ1v) is 8.08. The monoisotopic (exact) mass is 291 g/mol. The summed E-state index contributed by atoms with van der Waals surface area (Å²) >= 11 is 0. The predicted octanol–water partition coefficient (Wildman–Crippen LogP) is 1.57. The molecule has 0 bridgehead atoms. The van der Waals surface area contributed by atoms with Crippen molar-refractivity contribution in [3.05, 3.63) is 24.0 Å². The molecule has 2 aliphatic rings. The van der Waals surface area contributed by atoms with Crippen molar-refractivity contribution in [1.82, 2.24) is 15.2 Å². The van der Waals surface area contributed by atoms with Crippen LogP contribution in [0.2, 0.25) is 0 Å². The largest absolute Gasteiger partial charge is 0.381 e. The molecule has 0 saturated carbocycles. The molecule has 2 aliphatic heterocycles. The van der Waals surface area contributed by atoms with E-state index in [-0.39, 0.29) is 5.91 Å². The van der Waals surface area contributed by atoms with E-state index >= 15 is 0 Å². The topological polar surface area (TPSA) is 55.3 Å². The highest BCUT2D eigenvalue weighted by Gasteiger charge is 2.20. The Morgan fingerprint density at radius 3 is 3.00 bits per heavy atom. The Hall–Kier alpha value is -1.33. The fraction of sp³-hybridized carbons (Fsp3) is 0.688. The summed E-state index contributed by atoms with van der Waals surface area (Å²) in [4.78, 5) is 12.4. The number of amides is 1. The van der Waals surface area contributed by atoms with Crippen LogP contribution in [-0.4, -0.2) is 43.3 Å². The fourth-order valence-electron chi connectivity index (χ4n) is 3.28. The number of carbonyl (C=O) groups is 1. The molecule has 1 aromatic heterocycles. The Balaban J connectivity index is 1.53.